The number of aromatic hydroxyl groups is 1. The molecule has 7 nitrogen and oxygen atoms in total. The molecule has 0 amide bonds. The van der Waals surface area contributed by atoms with Crippen LogP contribution in [-0.4, -0.2) is 30.6 Å². The lowest BCUT2D eigenvalue weighted by Crippen LogP contribution is -2.13. The zero-order valence-corrected chi connectivity index (χ0v) is 14.3. The minimum atomic E-state index is 0.0644. The van der Waals surface area contributed by atoms with Gasteiger partial charge in [-0.15, -0.1) is 10.2 Å². The zero-order chi connectivity index (χ0) is 18.1. The van der Waals surface area contributed by atoms with Gasteiger partial charge in [-0.3, -0.25) is 0 Å². The molecule has 0 aliphatic rings. The Morgan fingerprint density at radius 3 is 2.65 bits per heavy atom. The Balaban J connectivity index is 1.96. The van der Waals surface area contributed by atoms with Crippen molar-refractivity contribution in [3.63, 3.8) is 0 Å². The van der Waals surface area contributed by atoms with E-state index in [0.29, 0.717) is 11.3 Å². The van der Waals surface area contributed by atoms with Gasteiger partial charge in [0.05, 0.1) is 5.52 Å². The van der Waals surface area contributed by atoms with Gasteiger partial charge in [0.15, 0.2) is 5.65 Å². The molecule has 3 N–H and O–H groups in total. The number of nitrogens with two attached hydrogens (primary N) is 1. The van der Waals surface area contributed by atoms with Crippen molar-refractivity contribution < 1.29 is 5.11 Å². The van der Waals surface area contributed by atoms with Gasteiger partial charge in [0, 0.05) is 17.5 Å². The number of hydrogen-bond acceptors (Lipinski definition) is 6. The molecule has 0 saturated heterocycles. The Morgan fingerprint density at radius 1 is 1.12 bits per heavy atom. The number of aromatic nitrogens is 4. The molecule has 26 heavy (non-hydrogen) atoms. The van der Waals surface area contributed by atoms with E-state index >= 15 is 0 Å². The smallest absolute Gasteiger partial charge is 0.204 e. The Morgan fingerprint density at radius 2 is 1.88 bits per heavy atom. The molecule has 4 aromatic rings. The first kappa shape index (κ1) is 16.0. The van der Waals surface area contributed by atoms with E-state index in [1.165, 1.54) is 0 Å². The van der Waals surface area contributed by atoms with Crippen LogP contribution in [0.15, 0.2) is 53.6 Å². The maximum atomic E-state index is 10.1. The highest BCUT2D eigenvalue weighted by Gasteiger charge is 2.19. The molecule has 0 aliphatic heterocycles. The average Bonchev–Trinajstić information content (AvgIpc) is 2.98. The van der Waals surface area contributed by atoms with Gasteiger partial charge in [0.25, 0.3) is 0 Å². The summed E-state index contributed by atoms with van der Waals surface area (Å²) in [5.41, 5.74) is 3.30. The van der Waals surface area contributed by atoms with E-state index in [0.717, 1.165) is 35.0 Å². The van der Waals surface area contributed by atoms with Crippen molar-refractivity contribution in [3.05, 3.63) is 59.9 Å². The molecule has 2 aromatic carbocycles. The number of para-hydroxylation sites is 2. The van der Waals surface area contributed by atoms with Gasteiger partial charge in [-0.1, -0.05) is 37.3 Å². The van der Waals surface area contributed by atoms with Crippen molar-refractivity contribution in [2.75, 3.05) is 0 Å². The third-order valence-corrected chi connectivity index (χ3v) is 4.32. The summed E-state index contributed by atoms with van der Waals surface area (Å²) >= 11 is 0. The van der Waals surface area contributed by atoms with Crippen LogP contribution in [0.2, 0.25) is 0 Å². The Bertz CT molecular complexity index is 1130. The van der Waals surface area contributed by atoms with Crippen LogP contribution in [-0.2, 0) is 6.54 Å². The summed E-state index contributed by atoms with van der Waals surface area (Å²) < 4.78 is 2.13. The fraction of sp³-hybridized carbons (Fsp3) is 0.158. The summed E-state index contributed by atoms with van der Waals surface area (Å²) in [6.45, 7) is 2.93. The highest BCUT2D eigenvalue weighted by atomic mass is 16.3. The van der Waals surface area contributed by atoms with Crippen molar-refractivity contribution in [2.45, 2.75) is 19.9 Å². The van der Waals surface area contributed by atoms with E-state index in [2.05, 4.69) is 37.8 Å². The summed E-state index contributed by atoms with van der Waals surface area (Å²) in [5, 5.41) is 23.5. The second-order valence-electron chi connectivity index (χ2n) is 5.97. The molecule has 4 rings (SSSR count). The SMILES string of the molecule is CCCn1c2ccccc2c2nnc(/C(=N/N)c3ccccc3O)nc21. The number of hydrazone groups is 1. The molecule has 130 valence electrons. The largest absolute Gasteiger partial charge is 0.507 e. The number of benzene rings is 2. The number of fused-ring (bicyclic) bond motifs is 3. The van der Waals surface area contributed by atoms with Crippen molar-refractivity contribution in [1.29, 1.82) is 0 Å². The van der Waals surface area contributed by atoms with E-state index in [-0.39, 0.29) is 11.6 Å². The second kappa shape index (κ2) is 6.44. The maximum absolute atomic E-state index is 10.1. The predicted molar refractivity (Wildman–Crippen MR) is 101 cm³/mol. The molecular formula is C19H18N6O. The zero-order valence-electron chi connectivity index (χ0n) is 14.3. The summed E-state index contributed by atoms with van der Waals surface area (Å²) in [6.07, 6.45) is 0.963. The average molecular weight is 346 g/mol. The van der Waals surface area contributed by atoms with Gasteiger partial charge >= 0.3 is 0 Å². The summed E-state index contributed by atoms with van der Waals surface area (Å²) in [4.78, 5) is 4.69. The molecule has 0 unspecified atom stereocenters. The van der Waals surface area contributed by atoms with Gasteiger partial charge in [-0.25, -0.2) is 4.98 Å². The van der Waals surface area contributed by atoms with Crippen LogP contribution in [0, 0.1) is 0 Å². The Hall–Kier alpha value is -3.48. The van der Waals surface area contributed by atoms with E-state index in [1.807, 2.05) is 18.2 Å². The highest BCUT2D eigenvalue weighted by molar-refractivity contribution is 6.13. The molecule has 0 atom stereocenters. The minimum absolute atomic E-state index is 0.0644. The van der Waals surface area contributed by atoms with Crippen LogP contribution in [0.5, 0.6) is 5.75 Å². The van der Waals surface area contributed by atoms with Crippen molar-refractivity contribution in [2.24, 2.45) is 10.9 Å². The molecule has 0 spiro atoms. The van der Waals surface area contributed by atoms with Gasteiger partial charge in [-0.2, -0.15) is 5.10 Å². The third kappa shape index (κ3) is 2.45. The lowest BCUT2D eigenvalue weighted by molar-refractivity contribution is 0.474. The standard InChI is InChI=1S/C19H18N6O/c1-2-11-25-14-9-5-3-7-12(14)17-19(25)21-18(24-23-17)16(22-20)13-8-4-6-10-15(13)26/h3-10,26H,2,11,20H2,1H3/b22-16+. The third-order valence-electron chi connectivity index (χ3n) is 4.32. The normalized spacial score (nSPS) is 12.1. The van der Waals surface area contributed by atoms with E-state index in [1.54, 1.807) is 24.3 Å². The van der Waals surface area contributed by atoms with Gasteiger partial charge in [0.1, 0.15) is 17.0 Å². The molecule has 0 saturated carbocycles. The number of rotatable bonds is 4. The van der Waals surface area contributed by atoms with Crippen molar-refractivity contribution in [3.8, 4) is 5.75 Å². The summed E-state index contributed by atoms with van der Waals surface area (Å²) in [6, 6.07) is 14.8. The number of aryl methyl sites for hydroxylation is 1. The van der Waals surface area contributed by atoms with Crippen LogP contribution >= 0.6 is 0 Å². The Labute approximate surface area is 149 Å². The maximum Gasteiger partial charge on any atom is 0.204 e. The fourth-order valence-corrected chi connectivity index (χ4v) is 3.18. The van der Waals surface area contributed by atoms with E-state index in [9.17, 15) is 5.11 Å². The molecule has 0 fully saturated rings. The number of phenolic OH excluding ortho intramolecular Hbond substituents is 1. The van der Waals surface area contributed by atoms with Crippen LogP contribution in [0.25, 0.3) is 22.1 Å². The van der Waals surface area contributed by atoms with E-state index < -0.39 is 0 Å². The summed E-state index contributed by atoms with van der Waals surface area (Å²) in [7, 11) is 0. The first-order valence-electron chi connectivity index (χ1n) is 8.43. The van der Waals surface area contributed by atoms with Crippen LogP contribution in [0.4, 0.5) is 0 Å². The number of hydrogen-bond donors (Lipinski definition) is 2. The molecule has 2 heterocycles. The second-order valence-corrected chi connectivity index (χ2v) is 5.97. The highest BCUT2D eigenvalue weighted by Crippen LogP contribution is 2.27. The molecule has 0 bridgehead atoms. The van der Waals surface area contributed by atoms with Crippen LogP contribution in [0.3, 0.4) is 0 Å². The minimum Gasteiger partial charge on any atom is -0.507 e. The summed E-state index contributed by atoms with van der Waals surface area (Å²) in [5.74, 6) is 5.93. The molecule has 2 aromatic heterocycles. The molecular weight excluding hydrogens is 328 g/mol. The first-order valence-corrected chi connectivity index (χ1v) is 8.43. The van der Waals surface area contributed by atoms with Crippen molar-refractivity contribution >= 4 is 27.8 Å². The number of phenols is 1. The van der Waals surface area contributed by atoms with Gasteiger partial charge in [0.2, 0.25) is 5.82 Å². The van der Waals surface area contributed by atoms with Gasteiger partial charge < -0.3 is 15.5 Å². The first-order chi connectivity index (χ1) is 12.7. The Kier molecular flexibility index (Phi) is 3.96. The molecule has 0 radical (unpaired) electrons. The number of nitrogens with zero attached hydrogens (tertiary/aromatic N) is 5. The van der Waals surface area contributed by atoms with Gasteiger partial charge in [-0.05, 0) is 24.6 Å². The van der Waals surface area contributed by atoms with Crippen molar-refractivity contribution in [1.82, 2.24) is 19.7 Å². The molecule has 0 aliphatic carbocycles. The quantitative estimate of drug-likeness (QED) is 0.336. The fourth-order valence-electron chi connectivity index (χ4n) is 3.18. The predicted octanol–water partition coefficient (Wildman–Crippen LogP) is 2.81. The van der Waals surface area contributed by atoms with Crippen LogP contribution < -0.4 is 5.84 Å². The lowest BCUT2D eigenvalue weighted by atomic mass is 10.1. The van der Waals surface area contributed by atoms with E-state index in [4.69, 9.17) is 5.84 Å². The topological polar surface area (TPSA) is 102 Å². The molecule has 7 heteroatoms. The monoisotopic (exact) mass is 346 g/mol. The van der Waals surface area contributed by atoms with Crippen LogP contribution in [0.1, 0.15) is 24.7 Å². The lowest BCUT2D eigenvalue weighted by Gasteiger charge is -2.07.